The average Bonchev–Trinajstić information content (AvgIpc) is 3.06. The van der Waals surface area contributed by atoms with Crippen LogP contribution in [0.2, 0.25) is 18.1 Å². The van der Waals surface area contributed by atoms with Crippen LogP contribution in [0.4, 0.5) is 10.2 Å². The number of aliphatic hydroxyl groups is 1. The molecule has 1 saturated heterocycles. The largest absolute Gasteiger partial charge is 0.408 e. The number of rotatable bonds is 4. The second kappa shape index (κ2) is 6.73. The van der Waals surface area contributed by atoms with E-state index in [1.54, 1.807) is 30.7 Å². The summed E-state index contributed by atoms with van der Waals surface area (Å²) in [7, 11) is -2.34. The molecule has 1 aliphatic heterocycles. The number of nitrogens with zero attached hydrogens (tertiary/aromatic N) is 3. The van der Waals surface area contributed by atoms with E-state index in [0.717, 1.165) is 0 Å². The van der Waals surface area contributed by atoms with Crippen LogP contribution in [0.25, 0.3) is 11.0 Å². The van der Waals surface area contributed by atoms with Crippen LogP contribution in [0.1, 0.15) is 47.8 Å². The van der Waals surface area contributed by atoms with Gasteiger partial charge in [-0.1, -0.05) is 20.8 Å². The Bertz CT molecular complexity index is 901. The van der Waals surface area contributed by atoms with Crippen molar-refractivity contribution in [2.24, 2.45) is 0 Å². The molecule has 1 aliphatic rings. The molecule has 0 saturated carbocycles. The fraction of sp³-hybridized carbons (Fsp3) is 0.700. The van der Waals surface area contributed by atoms with Crippen LogP contribution in [0.3, 0.4) is 0 Å². The zero-order valence-electron chi connectivity index (χ0n) is 18.5. The Morgan fingerprint density at radius 2 is 1.90 bits per heavy atom. The molecule has 4 atom stereocenters. The summed E-state index contributed by atoms with van der Waals surface area (Å²) in [5, 5.41) is 11.3. The molecule has 0 radical (unpaired) electrons. The molecule has 2 aromatic heterocycles. The molecule has 0 spiro atoms. The van der Waals surface area contributed by atoms with Crippen molar-refractivity contribution in [2.45, 2.75) is 89.4 Å². The van der Waals surface area contributed by atoms with Gasteiger partial charge >= 0.3 is 0 Å². The molecule has 0 bridgehead atoms. The highest BCUT2D eigenvalue weighted by atomic mass is 28.4. The second-order valence-corrected chi connectivity index (χ2v) is 15.0. The number of hydrogen-bond donors (Lipinski definition) is 2. The highest BCUT2D eigenvalue weighted by Crippen LogP contribution is 2.50. The quantitative estimate of drug-likeness (QED) is 0.725. The molecule has 3 N–H and O–H groups in total. The minimum absolute atomic E-state index is 0.118. The summed E-state index contributed by atoms with van der Waals surface area (Å²) in [6.45, 7) is 15.1. The van der Waals surface area contributed by atoms with Gasteiger partial charge in [-0.3, -0.25) is 0 Å². The summed E-state index contributed by atoms with van der Waals surface area (Å²) in [6, 6.07) is 1.74. The Hall–Kier alpha value is -1.55. The lowest BCUT2D eigenvalue weighted by Crippen LogP contribution is -2.55. The van der Waals surface area contributed by atoms with Crippen LogP contribution in [-0.2, 0) is 9.16 Å². The van der Waals surface area contributed by atoms with Crippen LogP contribution in [-0.4, -0.2) is 51.4 Å². The number of nitrogens with two attached hydrogens (primary N) is 1. The number of halogens is 1. The summed E-state index contributed by atoms with van der Waals surface area (Å²) < 4.78 is 30.6. The SMILES string of the molecule is CC(C)(O)[C@H]1O[C@@H](n2ccc3c(N)ncnc32)[C@](C)(F)[C@@H]1O[Si](C)(C)C(C)(C)C. The summed E-state index contributed by atoms with van der Waals surface area (Å²) >= 11 is 0. The third kappa shape index (κ3) is 3.69. The van der Waals surface area contributed by atoms with E-state index in [4.69, 9.17) is 14.9 Å². The van der Waals surface area contributed by atoms with Gasteiger partial charge in [0.05, 0.1) is 11.0 Å². The smallest absolute Gasteiger partial charge is 0.192 e. The monoisotopic (exact) mass is 424 g/mol. The van der Waals surface area contributed by atoms with Crippen molar-refractivity contribution in [1.82, 2.24) is 14.5 Å². The van der Waals surface area contributed by atoms with E-state index in [0.29, 0.717) is 16.9 Å². The molecular weight excluding hydrogens is 391 g/mol. The predicted molar refractivity (Wildman–Crippen MR) is 114 cm³/mol. The Morgan fingerprint density at radius 1 is 1.28 bits per heavy atom. The fourth-order valence-corrected chi connectivity index (χ4v) is 4.85. The Labute approximate surface area is 172 Å². The van der Waals surface area contributed by atoms with E-state index in [1.807, 2.05) is 0 Å². The van der Waals surface area contributed by atoms with E-state index in [2.05, 4.69) is 43.8 Å². The lowest BCUT2D eigenvalue weighted by molar-refractivity contribution is -0.121. The second-order valence-electron chi connectivity index (χ2n) is 10.2. The molecule has 0 aliphatic carbocycles. The Balaban J connectivity index is 2.08. The van der Waals surface area contributed by atoms with Gasteiger partial charge in [0.2, 0.25) is 0 Å². The van der Waals surface area contributed by atoms with Crippen molar-refractivity contribution in [2.75, 3.05) is 5.73 Å². The van der Waals surface area contributed by atoms with E-state index in [9.17, 15) is 5.11 Å². The minimum Gasteiger partial charge on any atom is -0.408 e. The molecule has 3 heterocycles. The standard InChI is InChI=1S/C20H33FN4O3Si/c1-18(2,3)29(7,8)28-14-13(19(4,5)26)27-17(20(14,6)21)25-10-9-12-15(22)23-11-24-16(12)25/h9-11,13-14,17,26H,1-8H3,(H2,22,23,24)/t13-,14+,17+,20+/m0/s1. The van der Waals surface area contributed by atoms with Gasteiger partial charge in [0, 0.05) is 6.20 Å². The highest BCUT2D eigenvalue weighted by molar-refractivity contribution is 6.74. The Morgan fingerprint density at radius 3 is 2.45 bits per heavy atom. The summed E-state index contributed by atoms with van der Waals surface area (Å²) in [5.74, 6) is 0.320. The number of anilines is 1. The first-order valence-corrected chi connectivity index (χ1v) is 12.8. The van der Waals surface area contributed by atoms with E-state index >= 15 is 4.39 Å². The van der Waals surface area contributed by atoms with Gasteiger partial charge in [0.25, 0.3) is 0 Å². The topological polar surface area (TPSA) is 95.4 Å². The van der Waals surface area contributed by atoms with Gasteiger partial charge in [-0.15, -0.1) is 0 Å². The summed E-state index contributed by atoms with van der Waals surface area (Å²) in [5.41, 5.74) is 3.20. The number of fused-ring (bicyclic) bond motifs is 1. The number of nitrogen functional groups attached to an aromatic ring is 1. The highest BCUT2D eigenvalue weighted by Gasteiger charge is 2.62. The van der Waals surface area contributed by atoms with Gasteiger partial charge in [-0.05, 0) is 45.0 Å². The van der Waals surface area contributed by atoms with Gasteiger partial charge in [0.15, 0.2) is 20.2 Å². The lowest BCUT2D eigenvalue weighted by atomic mass is 9.90. The molecule has 0 amide bonds. The zero-order valence-corrected chi connectivity index (χ0v) is 19.5. The third-order valence-electron chi connectivity index (χ3n) is 6.31. The summed E-state index contributed by atoms with van der Waals surface area (Å²) in [6.07, 6.45) is 0.211. The number of alkyl halides is 1. The number of aromatic nitrogens is 3. The van der Waals surface area contributed by atoms with Crippen molar-refractivity contribution >= 4 is 25.2 Å². The van der Waals surface area contributed by atoms with Gasteiger partial charge in [-0.2, -0.15) is 0 Å². The molecule has 1 fully saturated rings. The van der Waals surface area contributed by atoms with E-state index in [1.165, 1.54) is 13.3 Å². The molecular formula is C20H33FN4O3Si. The lowest BCUT2D eigenvalue weighted by Gasteiger charge is -2.43. The van der Waals surface area contributed by atoms with Crippen LogP contribution in [0.5, 0.6) is 0 Å². The van der Waals surface area contributed by atoms with Crippen molar-refractivity contribution < 1.29 is 18.7 Å². The van der Waals surface area contributed by atoms with Gasteiger partial charge in [-0.25, -0.2) is 14.4 Å². The molecule has 9 heteroatoms. The number of hydrogen-bond acceptors (Lipinski definition) is 6. The van der Waals surface area contributed by atoms with Crippen molar-refractivity contribution in [3.63, 3.8) is 0 Å². The van der Waals surface area contributed by atoms with Crippen LogP contribution in [0.15, 0.2) is 18.6 Å². The van der Waals surface area contributed by atoms with Crippen molar-refractivity contribution in [3.05, 3.63) is 18.6 Å². The van der Waals surface area contributed by atoms with Crippen LogP contribution in [0, 0.1) is 0 Å². The van der Waals surface area contributed by atoms with Crippen LogP contribution < -0.4 is 5.73 Å². The molecule has 0 aromatic carbocycles. The van der Waals surface area contributed by atoms with E-state index < -0.39 is 38.0 Å². The van der Waals surface area contributed by atoms with Gasteiger partial charge in [0.1, 0.15) is 30.0 Å². The van der Waals surface area contributed by atoms with Crippen molar-refractivity contribution in [1.29, 1.82) is 0 Å². The first-order valence-electron chi connectivity index (χ1n) is 9.89. The number of ether oxygens (including phenoxy) is 1. The third-order valence-corrected chi connectivity index (χ3v) is 10.8. The molecule has 2 aromatic rings. The first-order chi connectivity index (χ1) is 13.1. The Kier molecular flexibility index (Phi) is 5.14. The minimum atomic E-state index is -2.34. The fourth-order valence-electron chi connectivity index (χ4n) is 3.51. The molecule has 29 heavy (non-hydrogen) atoms. The molecule has 162 valence electrons. The first kappa shape index (κ1) is 22.1. The zero-order chi connectivity index (χ0) is 22.0. The van der Waals surface area contributed by atoms with Crippen LogP contribution >= 0.6 is 0 Å². The maximum atomic E-state index is 16.4. The predicted octanol–water partition coefficient (Wildman–Crippen LogP) is 3.80. The molecule has 3 rings (SSSR count). The maximum absolute atomic E-state index is 16.4. The van der Waals surface area contributed by atoms with Crippen molar-refractivity contribution in [3.8, 4) is 0 Å². The molecule has 0 unspecified atom stereocenters. The molecule has 7 nitrogen and oxygen atoms in total. The normalized spacial score (nSPS) is 29.0. The summed E-state index contributed by atoms with van der Waals surface area (Å²) in [4.78, 5) is 8.26. The average molecular weight is 425 g/mol. The van der Waals surface area contributed by atoms with Gasteiger partial charge < -0.3 is 24.6 Å². The maximum Gasteiger partial charge on any atom is 0.192 e. The van der Waals surface area contributed by atoms with E-state index in [-0.39, 0.29) is 5.04 Å².